The van der Waals surface area contributed by atoms with Crippen LogP contribution in [0, 0.1) is 0 Å². The lowest BCUT2D eigenvalue weighted by Crippen LogP contribution is -1.94. The largest absolute Gasteiger partial charge is 0.370 e. The van der Waals surface area contributed by atoms with Crippen LogP contribution < -0.4 is 0 Å². The van der Waals surface area contributed by atoms with Gasteiger partial charge in [-0.05, 0) is 12.8 Å². The van der Waals surface area contributed by atoms with E-state index < -0.39 is 0 Å². The fraction of sp³-hybridized carbons (Fsp3) is 0.889. The van der Waals surface area contributed by atoms with Crippen LogP contribution in [0.4, 0.5) is 0 Å². The van der Waals surface area contributed by atoms with Gasteiger partial charge in [0.1, 0.15) is 6.29 Å². The summed E-state index contributed by atoms with van der Waals surface area (Å²) >= 11 is 0. The Morgan fingerprint density at radius 3 is 2.73 bits per heavy atom. The van der Waals surface area contributed by atoms with E-state index in [0.717, 1.165) is 12.7 Å². The number of rotatable bonds is 6. The summed E-state index contributed by atoms with van der Waals surface area (Å²) < 4.78 is 5.36. The van der Waals surface area contributed by atoms with Crippen molar-refractivity contribution >= 4 is 6.29 Å². The van der Waals surface area contributed by atoms with Crippen LogP contribution in [0.5, 0.6) is 0 Å². The molecular formula is C9H16O2. The molecule has 1 saturated heterocycles. The molecule has 0 radical (unpaired) electrons. The van der Waals surface area contributed by atoms with Gasteiger partial charge in [-0.25, -0.2) is 0 Å². The van der Waals surface area contributed by atoms with Gasteiger partial charge < -0.3 is 9.53 Å². The number of aldehydes is 1. The van der Waals surface area contributed by atoms with Gasteiger partial charge in [0.2, 0.25) is 0 Å². The summed E-state index contributed by atoms with van der Waals surface area (Å²) in [4.78, 5) is 10.0. The highest BCUT2D eigenvalue weighted by Gasteiger charge is 2.36. The van der Waals surface area contributed by atoms with Crippen LogP contribution in [0.3, 0.4) is 0 Å². The third kappa shape index (κ3) is 3.02. The minimum atomic E-state index is 0.409. The maximum absolute atomic E-state index is 10.0. The Kier molecular flexibility index (Phi) is 3.57. The maximum atomic E-state index is 10.0. The Bertz CT molecular complexity index is 123. The summed E-state index contributed by atoms with van der Waals surface area (Å²) in [6.07, 6.45) is 7.12. The molecule has 0 unspecified atom stereocenters. The Labute approximate surface area is 67.9 Å². The zero-order chi connectivity index (χ0) is 8.10. The second-order valence-electron chi connectivity index (χ2n) is 3.10. The summed E-state index contributed by atoms with van der Waals surface area (Å²) in [5, 5.41) is 0. The average Bonchev–Trinajstić information content (AvgIpc) is 2.76. The van der Waals surface area contributed by atoms with Crippen molar-refractivity contribution < 1.29 is 9.53 Å². The fourth-order valence-corrected chi connectivity index (χ4v) is 1.32. The predicted octanol–water partition coefficient (Wildman–Crippen LogP) is 1.92. The number of ether oxygens (including phenoxy) is 1. The summed E-state index contributed by atoms with van der Waals surface area (Å²) in [6, 6.07) is 0. The minimum Gasteiger partial charge on any atom is -0.370 e. The first-order valence-electron chi connectivity index (χ1n) is 4.47. The highest BCUT2D eigenvalue weighted by molar-refractivity contribution is 5.49. The van der Waals surface area contributed by atoms with Crippen molar-refractivity contribution in [2.24, 2.45) is 0 Å². The van der Waals surface area contributed by atoms with Crippen LogP contribution in [0.25, 0.3) is 0 Å². The topological polar surface area (TPSA) is 29.6 Å². The van der Waals surface area contributed by atoms with Crippen molar-refractivity contribution in [1.82, 2.24) is 0 Å². The number of hydrogen-bond acceptors (Lipinski definition) is 2. The highest BCUT2D eigenvalue weighted by Crippen LogP contribution is 2.30. The lowest BCUT2D eigenvalue weighted by molar-refractivity contribution is -0.108. The molecule has 2 heteroatoms. The van der Waals surface area contributed by atoms with Crippen molar-refractivity contribution in [2.75, 3.05) is 0 Å². The van der Waals surface area contributed by atoms with E-state index in [9.17, 15) is 4.79 Å². The Morgan fingerprint density at radius 2 is 2.09 bits per heavy atom. The molecule has 0 aliphatic carbocycles. The van der Waals surface area contributed by atoms with Crippen molar-refractivity contribution in [2.45, 2.75) is 51.2 Å². The SMILES string of the molecule is CCCC[C@H]1O[C@H]1CCC=O. The normalized spacial score (nSPS) is 28.5. The van der Waals surface area contributed by atoms with Gasteiger partial charge in [0.05, 0.1) is 12.2 Å². The quantitative estimate of drug-likeness (QED) is 0.434. The van der Waals surface area contributed by atoms with Gasteiger partial charge in [-0.2, -0.15) is 0 Å². The molecule has 0 spiro atoms. The summed E-state index contributed by atoms with van der Waals surface area (Å²) in [6.45, 7) is 2.18. The van der Waals surface area contributed by atoms with Crippen molar-refractivity contribution in [3.8, 4) is 0 Å². The molecule has 0 amide bonds. The monoisotopic (exact) mass is 156 g/mol. The molecule has 0 aromatic carbocycles. The average molecular weight is 156 g/mol. The lowest BCUT2D eigenvalue weighted by Gasteiger charge is -1.90. The smallest absolute Gasteiger partial charge is 0.120 e. The van der Waals surface area contributed by atoms with Gasteiger partial charge in [-0.15, -0.1) is 0 Å². The lowest BCUT2D eigenvalue weighted by atomic mass is 10.1. The molecule has 64 valence electrons. The molecule has 0 aromatic heterocycles. The van der Waals surface area contributed by atoms with Gasteiger partial charge in [0.25, 0.3) is 0 Å². The van der Waals surface area contributed by atoms with Crippen LogP contribution in [-0.4, -0.2) is 18.5 Å². The van der Waals surface area contributed by atoms with E-state index in [-0.39, 0.29) is 0 Å². The van der Waals surface area contributed by atoms with E-state index in [0.29, 0.717) is 18.6 Å². The number of carbonyl (C=O) groups is 1. The second kappa shape index (κ2) is 4.50. The Balaban J connectivity index is 1.93. The van der Waals surface area contributed by atoms with Crippen LogP contribution in [0.2, 0.25) is 0 Å². The maximum Gasteiger partial charge on any atom is 0.120 e. The summed E-state index contributed by atoms with van der Waals surface area (Å²) in [5.41, 5.74) is 0. The molecule has 1 rings (SSSR count). The van der Waals surface area contributed by atoms with Crippen LogP contribution in [0.1, 0.15) is 39.0 Å². The minimum absolute atomic E-state index is 0.409. The third-order valence-corrected chi connectivity index (χ3v) is 2.10. The molecule has 0 bridgehead atoms. The molecule has 1 heterocycles. The molecule has 0 aromatic rings. The predicted molar refractivity (Wildman–Crippen MR) is 43.5 cm³/mol. The zero-order valence-corrected chi connectivity index (χ0v) is 7.08. The van der Waals surface area contributed by atoms with Gasteiger partial charge in [0.15, 0.2) is 0 Å². The van der Waals surface area contributed by atoms with Crippen LogP contribution in [0.15, 0.2) is 0 Å². The van der Waals surface area contributed by atoms with Gasteiger partial charge in [-0.3, -0.25) is 0 Å². The summed E-state index contributed by atoms with van der Waals surface area (Å²) in [7, 11) is 0. The molecule has 11 heavy (non-hydrogen) atoms. The van der Waals surface area contributed by atoms with E-state index in [2.05, 4.69) is 6.92 Å². The molecule has 0 saturated carbocycles. The summed E-state index contributed by atoms with van der Waals surface area (Å²) in [5.74, 6) is 0. The number of hydrogen-bond donors (Lipinski definition) is 0. The Morgan fingerprint density at radius 1 is 1.36 bits per heavy atom. The van der Waals surface area contributed by atoms with Crippen molar-refractivity contribution in [1.29, 1.82) is 0 Å². The highest BCUT2D eigenvalue weighted by atomic mass is 16.6. The van der Waals surface area contributed by atoms with E-state index >= 15 is 0 Å². The second-order valence-corrected chi connectivity index (χ2v) is 3.10. The van der Waals surface area contributed by atoms with E-state index in [1.165, 1.54) is 19.3 Å². The first-order valence-corrected chi connectivity index (χ1v) is 4.47. The van der Waals surface area contributed by atoms with E-state index in [4.69, 9.17) is 4.74 Å². The molecule has 0 N–H and O–H groups in total. The van der Waals surface area contributed by atoms with Gasteiger partial charge in [0, 0.05) is 6.42 Å². The molecule has 1 fully saturated rings. The van der Waals surface area contributed by atoms with Crippen LogP contribution >= 0.6 is 0 Å². The van der Waals surface area contributed by atoms with E-state index in [1.54, 1.807) is 0 Å². The number of epoxide rings is 1. The fourth-order valence-electron chi connectivity index (χ4n) is 1.32. The zero-order valence-electron chi connectivity index (χ0n) is 7.08. The molecule has 2 nitrogen and oxygen atoms in total. The molecule has 1 aliphatic rings. The van der Waals surface area contributed by atoms with Crippen molar-refractivity contribution in [3.63, 3.8) is 0 Å². The van der Waals surface area contributed by atoms with Crippen LogP contribution in [-0.2, 0) is 9.53 Å². The molecule has 2 atom stereocenters. The third-order valence-electron chi connectivity index (χ3n) is 2.10. The molecular weight excluding hydrogens is 140 g/mol. The van der Waals surface area contributed by atoms with Gasteiger partial charge in [-0.1, -0.05) is 19.8 Å². The number of unbranched alkanes of at least 4 members (excludes halogenated alkanes) is 1. The first-order chi connectivity index (χ1) is 5.38. The molecule has 1 aliphatic heterocycles. The van der Waals surface area contributed by atoms with Crippen molar-refractivity contribution in [3.05, 3.63) is 0 Å². The number of carbonyl (C=O) groups excluding carboxylic acids is 1. The first kappa shape index (κ1) is 8.72. The standard InChI is InChI=1S/C9H16O2/c1-2-3-5-8-9(11-8)6-4-7-10/h7-9H,2-6H2,1H3/t8-,9+/m1/s1. The van der Waals surface area contributed by atoms with E-state index in [1.807, 2.05) is 0 Å². The Hall–Kier alpha value is -0.370. The van der Waals surface area contributed by atoms with Gasteiger partial charge >= 0.3 is 0 Å².